The summed E-state index contributed by atoms with van der Waals surface area (Å²) >= 11 is 5.69. The van der Waals surface area contributed by atoms with Crippen molar-refractivity contribution in [3.8, 4) is 17.2 Å². The Bertz CT molecular complexity index is 1220. The molecule has 1 aliphatic rings. The summed E-state index contributed by atoms with van der Waals surface area (Å²) in [5.74, 6) is 1.98. The van der Waals surface area contributed by atoms with Crippen LogP contribution in [0.2, 0.25) is 0 Å². The van der Waals surface area contributed by atoms with Gasteiger partial charge in [-0.1, -0.05) is 0 Å². The molecule has 8 heteroatoms. The summed E-state index contributed by atoms with van der Waals surface area (Å²) in [5, 5.41) is 4.78. The van der Waals surface area contributed by atoms with Crippen molar-refractivity contribution in [2.45, 2.75) is 19.4 Å². The second-order valence-corrected chi connectivity index (χ2v) is 7.98. The molecule has 1 aromatic heterocycles. The normalized spacial score (nSPS) is 15.2. The van der Waals surface area contributed by atoms with Crippen LogP contribution in [0.5, 0.6) is 17.2 Å². The molecule has 1 aliphatic heterocycles. The Labute approximate surface area is 192 Å². The van der Waals surface area contributed by atoms with Gasteiger partial charge in [0.1, 0.15) is 5.75 Å². The molecular formula is C24H27N3O4S. The van der Waals surface area contributed by atoms with E-state index in [4.69, 9.17) is 26.4 Å². The molecule has 0 fully saturated rings. The number of nitrogens with one attached hydrogen (secondary N) is 2. The fourth-order valence-corrected chi connectivity index (χ4v) is 4.62. The minimum Gasteiger partial charge on any atom is -0.497 e. The second-order valence-electron chi connectivity index (χ2n) is 7.59. The molecule has 0 radical (unpaired) electrons. The predicted molar refractivity (Wildman–Crippen MR) is 129 cm³/mol. The summed E-state index contributed by atoms with van der Waals surface area (Å²) in [6.07, 6.45) is 0.778. The number of pyridine rings is 1. The third kappa shape index (κ3) is 3.86. The molecule has 7 nitrogen and oxygen atoms in total. The third-order valence-electron chi connectivity index (χ3n) is 5.84. The summed E-state index contributed by atoms with van der Waals surface area (Å²) in [6, 6.07) is 11.2. The molecule has 2 aromatic carbocycles. The fourth-order valence-electron chi connectivity index (χ4n) is 4.28. The molecule has 32 heavy (non-hydrogen) atoms. The molecule has 0 aliphatic carbocycles. The number of benzene rings is 2. The van der Waals surface area contributed by atoms with Gasteiger partial charge in [0.15, 0.2) is 16.6 Å². The summed E-state index contributed by atoms with van der Waals surface area (Å²) in [4.78, 5) is 18.4. The Balaban J connectivity index is 1.93. The standard InChI is InChI=1S/C24H27N3O4S/c1-5-25-24(32)27-9-8-14-11-20(30-3)21(31-4)13-17(14)22(27)18-10-15-6-7-16(29-2)12-19(15)26-23(18)28/h6-7,10-13,22H,5,8-9H2,1-4H3,(H,25,32)(H,26,28)/t22-/m1/s1. The molecule has 0 saturated heterocycles. The van der Waals surface area contributed by atoms with Gasteiger partial charge in [0.25, 0.3) is 5.56 Å². The average Bonchev–Trinajstić information content (AvgIpc) is 2.81. The quantitative estimate of drug-likeness (QED) is 0.574. The Morgan fingerprint density at radius 3 is 2.53 bits per heavy atom. The van der Waals surface area contributed by atoms with E-state index in [1.54, 1.807) is 21.3 Å². The highest BCUT2D eigenvalue weighted by atomic mass is 32.1. The van der Waals surface area contributed by atoms with Crippen molar-refractivity contribution in [1.82, 2.24) is 15.2 Å². The number of thiocarbonyl (C=S) groups is 1. The van der Waals surface area contributed by atoms with E-state index in [-0.39, 0.29) is 11.6 Å². The Kier molecular flexibility index (Phi) is 6.23. The van der Waals surface area contributed by atoms with Gasteiger partial charge in [0.2, 0.25) is 0 Å². The van der Waals surface area contributed by atoms with E-state index in [0.717, 1.165) is 28.5 Å². The van der Waals surface area contributed by atoms with Gasteiger partial charge < -0.3 is 29.4 Å². The summed E-state index contributed by atoms with van der Waals surface area (Å²) < 4.78 is 16.4. The van der Waals surface area contributed by atoms with Crippen LogP contribution in [-0.2, 0) is 6.42 Å². The zero-order valence-corrected chi connectivity index (χ0v) is 19.5. The van der Waals surface area contributed by atoms with E-state index >= 15 is 0 Å². The number of hydrogen-bond acceptors (Lipinski definition) is 5. The molecule has 2 heterocycles. The van der Waals surface area contributed by atoms with Crippen LogP contribution in [0, 0.1) is 0 Å². The lowest BCUT2D eigenvalue weighted by Gasteiger charge is -2.39. The molecule has 3 aromatic rings. The number of aromatic amines is 1. The van der Waals surface area contributed by atoms with Gasteiger partial charge in [-0.25, -0.2) is 0 Å². The summed E-state index contributed by atoms with van der Waals surface area (Å²) in [5.41, 5.74) is 3.27. The van der Waals surface area contributed by atoms with Crippen LogP contribution < -0.4 is 25.1 Å². The Hall–Kier alpha value is -3.26. The Morgan fingerprint density at radius 1 is 1.09 bits per heavy atom. The predicted octanol–water partition coefficient (Wildman–Crippen LogP) is 3.40. The molecule has 1 atom stereocenters. The van der Waals surface area contributed by atoms with Crippen molar-refractivity contribution in [3.63, 3.8) is 0 Å². The van der Waals surface area contributed by atoms with Crippen molar-refractivity contribution in [2.24, 2.45) is 0 Å². The number of hydrogen-bond donors (Lipinski definition) is 2. The van der Waals surface area contributed by atoms with Crippen molar-refractivity contribution in [1.29, 1.82) is 0 Å². The molecule has 0 amide bonds. The third-order valence-corrected chi connectivity index (χ3v) is 6.22. The number of nitrogens with zero attached hydrogens (tertiary/aromatic N) is 1. The van der Waals surface area contributed by atoms with Crippen LogP contribution in [0.3, 0.4) is 0 Å². The number of methoxy groups -OCH3 is 3. The number of fused-ring (bicyclic) bond motifs is 2. The zero-order valence-electron chi connectivity index (χ0n) is 18.7. The highest BCUT2D eigenvalue weighted by Gasteiger charge is 2.33. The van der Waals surface area contributed by atoms with E-state index < -0.39 is 0 Å². The van der Waals surface area contributed by atoms with Crippen LogP contribution in [-0.4, -0.2) is 49.4 Å². The maximum atomic E-state index is 13.3. The molecule has 0 unspecified atom stereocenters. The number of ether oxygens (including phenoxy) is 3. The van der Waals surface area contributed by atoms with Crippen molar-refractivity contribution >= 4 is 28.2 Å². The SMILES string of the molecule is CCNC(=S)N1CCc2cc(OC)c(OC)cc2[C@@H]1c1cc2ccc(OC)cc2[nH]c1=O. The molecule has 2 N–H and O–H groups in total. The number of rotatable bonds is 5. The first-order chi connectivity index (χ1) is 15.5. The van der Waals surface area contributed by atoms with Gasteiger partial charge in [-0.2, -0.15) is 0 Å². The topological polar surface area (TPSA) is 75.8 Å². The highest BCUT2D eigenvalue weighted by Crippen LogP contribution is 2.40. The molecule has 0 saturated carbocycles. The van der Waals surface area contributed by atoms with Crippen molar-refractivity contribution in [3.05, 3.63) is 63.4 Å². The lowest BCUT2D eigenvalue weighted by molar-refractivity contribution is 0.323. The number of H-pyrrole nitrogens is 1. The first-order valence-corrected chi connectivity index (χ1v) is 10.9. The van der Waals surface area contributed by atoms with E-state index in [9.17, 15) is 4.79 Å². The maximum Gasteiger partial charge on any atom is 0.254 e. The molecule has 168 valence electrons. The van der Waals surface area contributed by atoms with Crippen LogP contribution in [0.4, 0.5) is 0 Å². The first kappa shape index (κ1) is 22.0. The molecule has 0 spiro atoms. The zero-order chi connectivity index (χ0) is 22.8. The maximum absolute atomic E-state index is 13.3. The monoisotopic (exact) mass is 453 g/mol. The van der Waals surface area contributed by atoms with Crippen LogP contribution in [0.25, 0.3) is 10.9 Å². The second kappa shape index (κ2) is 9.08. The van der Waals surface area contributed by atoms with E-state index in [2.05, 4.69) is 15.2 Å². The average molecular weight is 454 g/mol. The smallest absolute Gasteiger partial charge is 0.254 e. The fraction of sp³-hybridized carbons (Fsp3) is 0.333. The highest BCUT2D eigenvalue weighted by molar-refractivity contribution is 7.80. The minimum atomic E-state index is -0.361. The van der Waals surface area contributed by atoms with Crippen molar-refractivity contribution < 1.29 is 14.2 Å². The largest absolute Gasteiger partial charge is 0.497 e. The van der Waals surface area contributed by atoms with Gasteiger partial charge in [-0.3, -0.25) is 4.79 Å². The van der Waals surface area contributed by atoms with Gasteiger partial charge in [-0.15, -0.1) is 0 Å². The van der Waals surface area contributed by atoms with Crippen LogP contribution in [0.15, 0.2) is 41.2 Å². The first-order valence-electron chi connectivity index (χ1n) is 10.5. The summed E-state index contributed by atoms with van der Waals surface area (Å²) in [6.45, 7) is 3.39. The number of aromatic nitrogens is 1. The van der Waals surface area contributed by atoms with E-state index in [1.165, 1.54) is 0 Å². The van der Waals surface area contributed by atoms with Crippen LogP contribution in [0.1, 0.15) is 29.7 Å². The molecular weight excluding hydrogens is 426 g/mol. The minimum absolute atomic E-state index is 0.164. The van der Waals surface area contributed by atoms with Gasteiger partial charge in [-0.05, 0) is 72.4 Å². The van der Waals surface area contributed by atoms with Gasteiger partial charge in [0, 0.05) is 24.7 Å². The van der Waals surface area contributed by atoms with Gasteiger partial charge >= 0.3 is 0 Å². The molecule has 4 rings (SSSR count). The molecule has 0 bridgehead atoms. The summed E-state index contributed by atoms with van der Waals surface area (Å²) in [7, 11) is 4.84. The van der Waals surface area contributed by atoms with Crippen LogP contribution >= 0.6 is 12.2 Å². The lowest BCUT2D eigenvalue weighted by atomic mass is 9.88. The Morgan fingerprint density at radius 2 is 1.84 bits per heavy atom. The van der Waals surface area contributed by atoms with Gasteiger partial charge in [0.05, 0.1) is 32.9 Å². The lowest BCUT2D eigenvalue weighted by Crippen LogP contribution is -2.47. The van der Waals surface area contributed by atoms with E-state index in [1.807, 2.05) is 43.3 Å². The van der Waals surface area contributed by atoms with Crippen molar-refractivity contribution in [2.75, 3.05) is 34.4 Å². The van der Waals surface area contributed by atoms with E-state index in [0.29, 0.717) is 41.0 Å².